The number of aryl methyl sites for hydroxylation is 1. The largest absolute Gasteiger partial charge is 0.233 e. The maximum absolute atomic E-state index is 13.3. The van der Waals surface area contributed by atoms with E-state index >= 15 is 0 Å². The van der Waals surface area contributed by atoms with Gasteiger partial charge in [0.15, 0.2) is 0 Å². The fourth-order valence-electron chi connectivity index (χ4n) is 5.38. The summed E-state index contributed by atoms with van der Waals surface area (Å²) in [5, 5.41) is 4.72. The summed E-state index contributed by atoms with van der Waals surface area (Å²) in [6, 6.07) is 8.58. The zero-order valence-electron chi connectivity index (χ0n) is 17.7. The molecule has 1 fully saturated rings. The van der Waals surface area contributed by atoms with Crippen LogP contribution in [0.1, 0.15) is 55.8 Å². The van der Waals surface area contributed by atoms with Crippen LogP contribution < -0.4 is 0 Å². The second kappa shape index (κ2) is 7.50. The third-order valence-corrected chi connectivity index (χ3v) is 7.27. The van der Waals surface area contributed by atoms with Crippen molar-refractivity contribution in [2.75, 3.05) is 0 Å². The number of aliphatic imine (C=N–C) groups is 1. The number of fused-ring (bicyclic) bond motifs is 2. The van der Waals surface area contributed by atoms with Gasteiger partial charge in [0.25, 0.3) is 0 Å². The predicted molar refractivity (Wildman–Crippen MR) is 120 cm³/mol. The monoisotopic (exact) mass is 401 g/mol. The van der Waals surface area contributed by atoms with Crippen molar-refractivity contribution in [2.45, 2.75) is 52.4 Å². The summed E-state index contributed by atoms with van der Waals surface area (Å²) in [5.74, 6) is 0.253. The van der Waals surface area contributed by atoms with Crippen LogP contribution in [0.25, 0.3) is 11.8 Å². The molecule has 5 rings (SSSR count). The molecule has 1 aliphatic heterocycles. The van der Waals surface area contributed by atoms with Crippen molar-refractivity contribution in [1.82, 2.24) is 9.78 Å². The van der Waals surface area contributed by atoms with Gasteiger partial charge in [-0.15, -0.1) is 0 Å². The van der Waals surface area contributed by atoms with Crippen LogP contribution in [0.5, 0.6) is 0 Å². The quantitative estimate of drug-likeness (QED) is 0.536. The molecule has 1 aromatic heterocycles. The second-order valence-corrected chi connectivity index (χ2v) is 9.17. The summed E-state index contributed by atoms with van der Waals surface area (Å²) in [7, 11) is 0. The highest BCUT2D eigenvalue weighted by molar-refractivity contribution is 5.64. The molecule has 30 heavy (non-hydrogen) atoms. The molecule has 0 amide bonds. The maximum Gasteiger partial charge on any atom is 0.212 e. The Morgan fingerprint density at radius 2 is 2.03 bits per heavy atom. The lowest BCUT2D eigenvalue weighted by Crippen LogP contribution is -2.29. The van der Waals surface area contributed by atoms with Crippen molar-refractivity contribution in [3.05, 3.63) is 76.5 Å². The standard InChI is InChI=1S/C26H28FN3/c1-18-3-10-23(11-4-18)30-24-15-22-9-8-21(26(22,2)16-20(24)17-29-30)7-5-19-6-12-25(27)28-14-13-19/h3-4,6,10-12,14-15,17,21H,5,7-9,13,16H2,1-2H3. The van der Waals surface area contributed by atoms with Crippen LogP contribution in [0, 0.1) is 18.3 Å². The fourth-order valence-corrected chi connectivity index (χ4v) is 5.38. The van der Waals surface area contributed by atoms with Gasteiger partial charge in [-0.25, -0.2) is 9.67 Å². The lowest BCUT2D eigenvalue weighted by molar-refractivity contribution is 0.256. The van der Waals surface area contributed by atoms with E-state index in [-0.39, 0.29) is 5.41 Å². The van der Waals surface area contributed by atoms with Gasteiger partial charge in [-0.05, 0) is 80.2 Å². The highest BCUT2D eigenvalue weighted by Crippen LogP contribution is 2.54. The van der Waals surface area contributed by atoms with E-state index in [0.717, 1.165) is 37.8 Å². The summed E-state index contributed by atoms with van der Waals surface area (Å²) in [5.41, 5.74) is 8.02. The highest BCUT2D eigenvalue weighted by atomic mass is 19.1. The average Bonchev–Trinajstić information content (AvgIpc) is 3.19. The highest BCUT2D eigenvalue weighted by Gasteiger charge is 2.45. The molecule has 2 heterocycles. The van der Waals surface area contributed by atoms with Crippen LogP contribution in [0.2, 0.25) is 0 Å². The Hall–Kier alpha value is -2.75. The van der Waals surface area contributed by atoms with Crippen molar-refractivity contribution in [1.29, 1.82) is 0 Å². The first-order chi connectivity index (χ1) is 14.5. The van der Waals surface area contributed by atoms with E-state index in [0.29, 0.717) is 5.92 Å². The zero-order chi connectivity index (χ0) is 20.7. The van der Waals surface area contributed by atoms with E-state index in [1.807, 2.05) is 6.08 Å². The first-order valence-electron chi connectivity index (χ1n) is 11.0. The van der Waals surface area contributed by atoms with Gasteiger partial charge in [0.1, 0.15) is 0 Å². The van der Waals surface area contributed by atoms with Crippen LogP contribution in [0.15, 0.2) is 64.7 Å². The maximum atomic E-state index is 13.3. The molecule has 2 aliphatic carbocycles. The predicted octanol–water partition coefficient (Wildman–Crippen LogP) is 6.53. The number of nitrogens with zero attached hydrogens (tertiary/aromatic N) is 3. The molecule has 0 N–H and O–H groups in total. The Morgan fingerprint density at radius 1 is 1.20 bits per heavy atom. The van der Waals surface area contributed by atoms with Gasteiger partial charge in [0, 0.05) is 12.6 Å². The van der Waals surface area contributed by atoms with Crippen LogP contribution in [-0.2, 0) is 6.42 Å². The van der Waals surface area contributed by atoms with Crippen molar-refractivity contribution in [2.24, 2.45) is 16.3 Å². The van der Waals surface area contributed by atoms with Crippen molar-refractivity contribution >= 4 is 12.3 Å². The number of hydrogen-bond donors (Lipinski definition) is 0. The Bertz CT molecular complexity index is 1080. The molecule has 3 nitrogen and oxygen atoms in total. The molecular formula is C26H28FN3. The molecule has 2 atom stereocenters. The van der Waals surface area contributed by atoms with Crippen LogP contribution in [-0.4, -0.2) is 16.0 Å². The molecule has 0 saturated heterocycles. The lowest BCUT2D eigenvalue weighted by atomic mass is 9.68. The normalized spacial score (nSPS) is 25.2. The van der Waals surface area contributed by atoms with Gasteiger partial charge >= 0.3 is 0 Å². The Labute approximate surface area is 177 Å². The number of hydrogen-bond acceptors (Lipinski definition) is 2. The Kier molecular flexibility index (Phi) is 4.80. The van der Waals surface area contributed by atoms with Gasteiger partial charge < -0.3 is 0 Å². The van der Waals surface area contributed by atoms with E-state index in [2.05, 4.69) is 60.1 Å². The van der Waals surface area contributed by atoms with E-state index < -0.39 is 5.95 Å². The Balaban J connectivity index is 1.36. The minimum atomic E-state index is -0.395. The van der Waals surface area contributed by atoms with E-state index in [1.54, 1.807) is 11.8 Å². The molecular weight excluding hydrogens is 373 g/mol. The molecule has 0 spiro atoms. The molecule has 0 bridgehead atoms. The van der Waals surface area contributed by atoms with Gasteiger partial charge in [-0.1, -0.05) is 41.8 Å². The molecule has 1 saturated carbocycles. The minimum absolute atomic E-state index is 0.203. The molecule has 2 unspecified atom stereocenters. The van der Waals surface area contributed by atoms with Crippen molar-refractivity contribution < 1.29 is 4.39 Å². The molecule has 0 radical (unpaired) electrons. The van der Waals surface area contributed by atoms with Gasteiger partial charge in [-0.2, -0.15) is 9.49 Å². The summed E-state index contributed by atoms with van der Waals surface area (Å²) >= 11 is 0. The molecule has 4 heteroatoms. The van der Waals surface area contributed by atoms with Crippen molar-refractivity contribution in [3.63, 3.8) is 0 Å². The fraction of sp³-hybridized carbons (Fsp3) is 0.385. The summed E-state index contributed by atoms with van der Waals surface area (Å²) < 4.78 is 15.4. The van der Waals surface area contributed by atoms with E-state index in [4.69, 9.17) is 5.10 Å². The lowest BCUT2D eigenvalue weighted by Gasteiger charge is -2.36. The van der Waals surface area contributed by atoms with E-state index in [1.165, 1.54) is 34.9 Å². The average molecular weight is 402 g/mol. The summed E-state index contributed by atoms with van der Waals surface area (Å²) in [4.78, 5) is 3.79. The SMILES string of the molecule is Cc1ccc(-n2ncc3c2C=C2CCC(CCC4=CC=C(F)N=CC4)C2(C)C3)cc1. The van der Waals surface area contributed by atoms with Crippen LogP contribution in [0.3, 0.4) is 0 Å². The topological polar surface area (TPSA) is 30.2 Å². The smallest absolute Gasteiger partial charge is 0.212 e. The number of allylic oxidation sites excluding steroid dienone is 4. The molecule has 3 aliphatic rings. The minimum Gasteiger partial charge on any atom is -0.233 e. The summed E-state index contributed by atoms with van der Waals surface area (Å²) in [6.45, 7) is 4.55. The third kappa shape index (κ3) is 3.38. The number of rotatable bonds is 4. The molecule has 2 aromatic rings. The first-order valence-corrected chi connectivity index (χ1v) is 11.0. The van der Waals surface area contributed by atoms with Crippen molar-refractivity contribution in [3.8, 4) is 5.69 Å². The van der Waals surface area contributed by atoms with Gasteiger partial charge in [0.2, 0.25) is 5.95 Å². The zero-order valence-corrected chi connectivity index (χ0v) is 17.7. The van der Waals surface area contributed by atoms with E-state index in [9.17, 15) is 4.39 Å². The summed E-state index contributed by atoms with van der Waals surface area (Å²) in [6.07, 6.45) is 15.9. The van der Waals surface area contributed by atoms with Gasteiger partial charge in [0.05, 0.1) is 17.6 Å². The van der Waals surface area contributed by atoms with Crippen LogP contribution in [0.4, 0.5) is 4.39 Å². The number of benzene rings is 1. The third-order valence-electron chi connectivity index (χ3n) is 7.27. The molecule has 154 valence electrons. The van der Waals surface area contributed by atoms with Gasteiger partial charge in [-0.3, -0.25) is 0 Å². The Morgan fingerprint density at radius 3 is 2.87 bits per heavy atom. The molecule has 1 aromatic carbocycles. The number of halogens is 1. The number of aromatic nitrogens is 2. The first kappa shape index (κ1) is 19.2. The van der Waals surface area contributed by atoms with Crippen LogP contribution >= 0.6 is 0 Å². The second-order valence-electron chi connectivity index (χ2n) is 9.17.